The molecule has 0 N–H and O–H groups in total. The van der Waals surface area contributed by atoms with Gasteiger partial charge in [-0.2, -0.15) is 0 Å². The third kappa shape index (κ3) is 2.17. The van der Waals surface area contributed by atoms with Crippen LogP contribution < -0.4 is 14.8 Å². The lowest BCUT2D eigenvalue weighted by Gasteiger charge is -2.41. The predicted molar refractivity (Wildman–Crippen MR) is 112 cm³/mol. The molecule has 4 atom stereocenters. The first-order valence-electron chi connectivity index (χ1n) is 9.44. The van der Waals surface area contributed by atoms with Crippen LogP contribution in [-0.2, 0) is 0 Å². The molecule has 3 unspecified atom stereocenters. The van der Waals surface area contributed by atoms with Gasteiger partial charge in [-0.05, 0) is 31.5 Å². The molecular formula is C24H19O2P. The lowest BCUT2D eigenvalue weighted by molar-refractivity contribution is 0.255. The molecule has 0 spiro atoms. The van der Waals surface area contributed by atoms with Crippen LogP contribution in [0.2, 0.25) is 0 Å². The van der Waals surface area contributed by atoms with Crippen LogP contribution in [0.1, 0.15) is 18.1 Å². The van der Waals surface area contributed by atoms with Crippen LogP contribution in [-0.4, -0.2) is 11.8 Å². The maximum absolute atomic E-state index is 6.60. The van der Waals surface area contributed by atoms with Crippen molar-refractivity contribution in [3.8, 4) is 17.2 Å². The van der Waals surface area contributed by atoms with Crippen molar-refractivity contribution in [2.75, 3.05) is 0 Å². The molecule has 6 rings (SSSR count). The van der Waals surface area contributed by atoms with E-state index in [1.54, 1.807) is 0 Å². The van der Waals surface area contributed by atoms with Crippen molar-refractivity contribution in [2.45, 2.75) is 24.3 Å². The molecular weight excluding hydrogens is 351 g/mol. The summed E-state index contributed by atoms with van der Waals surface area (Å²) in [6.45, 7) is 2.36. The molecule has 0 saturated heterocycles. The molecule has 1 aliphatic carbocycles. The highest BCUT2D eigenvalue weighted by atomic mass is 31.1. The topological polar surface area (TPSA) is 18.5 Å². The zero-order chi connectivity index (χ0) is 18.0. The van der Waals surface area contributed by atoms with Gasteiger partial charge in [0.2, 0.25) is 0 Å². The molecule has 0 amide bonds. The second kappa shape index (κ2) is 5.71. The van der Waals surface area contributed by atoms with Crippen molar-refractivity contribution in [1.82, 2.24) is 0 Å². The summed E-state index contributed by atoms with van der Waals surface area (Å²) < 4.78 is 13.1. The highest BCUT2D eigenvalue weighted by Crippen LogP contribution is 2.65. The Bertz CT molecular complexity index is 1130. The number of ether oxygens (including phenoxy) is 2. The maximum Gasteiger partial charge on any atom is 0.139 e. The van der Waals surface area contributed by atoms with E-state index in [9.17, 15) is 0 Å². The second-order valence-corrected chi connectivity index (χ2v) is 9.97. The Hall–Kier alpha value is -2.57. The molecule has 2 aliphatic heterocycles. The number of hydrogen-bond donors (Lipinski definition) is 0. The Labute approximate surface area is 159 Å². The van der Waals surface area contributed by atoms with Gasteiger partial charge in [0.1, 0.15) is 23.4 Å². The normalized spacial score (nSPS) is 27.0. The summed E-state index contributed by atoms with van der Waals surface area (Å²) in [4.78, 5) is 0. The predicted octanol–water partition coefficient (Wildman–Crippen LogP) is 6.07. The van der Waals surface area contributed by atoms with Crippen LogP contribution >= 0.6 is 7.92 Å². The average molecular weight is 370 g/mol. The van der Waals surface area contributed by atoms with E-state index >= 15 is 0 Å². The van der Waals surface area contributed by atoms with Crippen LogP contribution in [0.15, 0.2) is 78.9 Å². The van der Waals surface area contributed by atoms with Gasteiger partial charge in [0.15, 0.2) is 0 Å². The van der Waals surface area contributed by atoms with E-state index < -0.39 is 7.92 Å². The van der Waals surface area contributed by atoms with Gasteiger partial charge in [-0.25, -0.2) is 0 Å². The lowest BCUT2D eigenvalue weighted by Crippen LogP contribution is -2.38. The SMILES string of the molecule is C[C@H]1c2ccccc2Oc2cc3ccccc3c3c2P1C1C=CC=CC1O3. The summed E-state index contributed by atoms with van der Waals surface area (Å²) in [5.41, 5.74) is 2.09. The summed E-state index contributed by atoms with van der Waals surface area (Å²) in [6, 6.07) is 19.2. The molecule has 0 bridgehead atoms. The molecule has 3 aromatic carbocycles. The van der Waals surface area contributed by atoms with Gasteiger partial charge in [0.25, 0.3) is 0 Å². The smallest absolute Gasteiger partial charge is 0.139 e. The van der Waals surface area contributed by atoms with E-state index in [4.69, 9.17) is 9.47 Å². The molecule has 3 aliphatic rings. The highest BCUT2D eigenvalue weighted by Gasteiger charge is 2.44. The summed E-state index contributed by atoms with van der Waals surface area (Å²) in [6.07, 6.45) is 8.92. The fraction of sp³-hybridized carbons (Fsp3) is 0.167. The van der Waals surface area contributed by atoms with E-state index in [0.29, 0.717) is 11.3 Å². The minimum absolute atomic E-state index is 0.0972. The molecule has 0 aromatic heterocycles. The third-order valence-electron chi connectivity index (χ3n) is 5.84. The average Bonchev–Trinajstić information content (AvgIpc) is 2.84. The summed E-state index contributed by atoms with van der Waals surface area (Å²) in [5.74, 6) is 2.97. The minimum Gasteiger partial charge on any atom is -0.484 e. The molecule has 132 valence electrons. The third-order valence-corrected chi connectivity index (χ3v) is 9.00. The highest BCUT2D eigenvalue weighted by molar-refractivity contribution is 7.67. The van der Waals surface area contributed by atoms with Crippen molar-refractivity contribution in [3.63, 3.8) is 0 Å². The molecule has 0 fully saturated rings. The monoisotopic (exact) mass is 370 g/mol. The lowest BCUT2D eigenvalue weighted by atomic mass is 10.1. The molecule has 3 heteroatoms. The number of hydrogen-bond acceptors (Lipinski definition) is 2. The number of rotatable bonds is 0. The molecule has 2 heterocycles. The Morgan fingerprint density at radius 2 is 1.70 bits per heavy atom. The summed E-state index contributed by atoms with van der Waals surface area (Å²) in [5, 5.41) is 3.64. The second-order valence-electron chi connectivity index (χ2n) is 7.34. The molecule has 3 aromatic rings. The first-order chi connectivity index (χ1) is 13.3. The standard InChI is InChI=1S/C24H19O2P/c1-15-17-9-4-5-11-19(17)25-21-14-16-8-2-3-10-18(16)23-24(21)27(15)22-13-7-6-12-20(22)26-23/h2-15,20,22H,1H3/t15-,20?,22?,27?/m0/s1. The quantitative estimate of drug-likeness (QED) is 0.447. The molecule has 0 radical (unpaired) electrons. The van der Waals surface area contributed by atoms with E-state index in [1.807, 2.05) is 0 Å². The fourth-order valence-electron chi connectivity index (χ4n) is 4.58. The maximum atomic E-state index is 6.60. The zero-order valence-corrected chi connectivity index (χ0v) is 15.9. The summed E-state index contributed by atoms with van der Waals surface area (Å²) in [7, 11) is -0.513. The van der Waals surface area contributed by atoms with Crippen LogP contribution in [0.25, 0.3) is 10.8 Å². The van der Waals surface area contributed by atoms with Crippen molar-refractivity contribution >= 4 is 24.0 Å². The van der Waals surface area contributed by atoms with Crippen molar-refractivity contribution < 1.29 is 9.47 Å². The van der Waals surface area contributed by atoms with Crippen LogP contribution in [0.4, 0.5) is 0 Å². The zero-order valence-electron chi connectivity index (χ0n) is 15.0. The van der Waals surface area contributed by atoms with Gasteiger partial charge in [0, 0.05) is 22.3 Å². The van der Waals surface area contributed by atoms with Crippen LogP contribution in [0.3, 0.4) is 0 Å². The fourth-order valence-corrected chi connectivity index (χ4v) is 7.83. The number of benzene rings is 3. The number of fused-ring (bicyclic) bond motifs is 5. The Kier molecular flexibility index (Phi) is 3.28. The molecule has 0 saturated carbocycles. The summed E-state index contributed by atoms with van der Waals surface area (Å²) >= 11 is 0. The largest absolute Gasteiger partial charge is 0.484 e. The van der Waals surface area contributed by atoms with E-state index in [-0.39, 0.29) is 6.10 Å². The van der Waals surface area contributed by atoms with Crippen molar-refractivity contribution in [2.24, 2.45) is 0 Å². The minimum atomic E-state index is -0.513. The van der Waals surface area contributed by atoms with Crippen molar-refractivity contribution in [1.29, 1.82) is 0 Å². The van der Waals surface area contributed by atoms with E-state index in [2.05, 4.69) is 85.8 Å². The van der Waals surface area contributed by atoms with Gasteiger partial charge < -0.3 is 9.47 Å². The van der Waals surface area contributed by atoms with Gasteiger partial charge >= 0.3 is 0 Å². The van der Waals surface area contributed by atoms with Crippen molar-refractivity contribution in [3.05, 3.63) is 84.5 Å². The van der Waals surface area contributed by atoms with Gasteiger partial charge in [-0.15, -0.1) is 0 Å². The Morgan fingerprint density at radius 1 is 0.889 bits per heavy atom. The van der Waals surface area contributed by atoms with E-state index in [0.717, 1.165) is 17.2 Å². The van der Waals surface area contributed by atoms with Gasteiger partial charge in [-0.3, -0.25) is 0 Å². The number of para-hydroxylation sites is 1. The molecule has 2 nitrogen and oxygen atoms in total. The van der Waals surface area contributed by atoms with Gasteiger partial charge in [-0.1, -0.05) is 67.6 Å². The Balaban J connectivity index is 1.71. The van der Waals surface area contributed by atoms with E-state index in [1.165, 1.54) is 21.6 Å². The Morgan fingerprint density at radius 3 is 2.67 bits per heavy atom. The van der Waals surface area contributed by atoms with Crippen LogP contribution in [0, 0.1) is 0 Å². The molecule has 27 heavy (non-hydrogen) atoms. The number of allylic oxidation sites excluding steroid dienone is 2. The van der Waals surface area contributed by atoms with Gasteiger partial charge in [0.05, 0.1) is 5.30 Å². The first kappa shape index (κ1) is 15.5. The first-order valence-corrected chi connectivity index (χ1v) is 10.9. The van der Waals surface area contributed by atoms with Crippen LogP contribution in [0.5, 0.6) is 17.2 Å².